The highest BCUT2D eigenvalue weighted by molar-refractivity contribution is 7.10. The van der Waals surface area contributed by atoms with Gasteiger partial charge in [-0.2, -0.15) is 0 Å². The number of para-hydroxylation sites is 1. The molecule has 0 saturated heterocycles. The Morgan fingerprint density at radius 1 is 1.44 bits per heavy atom. The molecule has 4 rings (SSSR count). The quantitative estimate of drug-likeness (QED) is 0.778. The van der Waals surface area contributed by atoms with E-state index in [1.807, 2.05) is 12.1 Å². The molecule has 3 unspecified atom stereocenters. The highest BCUT2D eigenvalue weighted by atomic mass is 32.1. The van der Waals surface area contributed by atoms with Gasteiger partial charge in [-0.25, -0.2) is 0 Å². The number of aryl methyl sites for hydroxylation is 1. The van der Waals surface area contributed by atoms with Crippen molar-refractivity contribution in [2.75, 3.05) is 11.9 Å². The lowest BCUT2D eigenvalue weighted by Gasteiger charge is -2.38. The predicted octanol–water partition coefficient (Wildman–Crippen LogP) is 4.80. The number of carbonyl (C=O) groups is 1. The van der Waals surface area contributed by atoms with Crippen molar-refractivity contribution in [3.8, 4) is 0 Å². The third-order valence-electron chi connectivity index (χ3n) is 5.23. The molecule has 0 bridgehead atoms. The summed E-state index contributed by atoms with van der Waals surface area (Å²) in [5.41, 5.74) is 4.26. The second-order valence-electron chi connectivity index (χ2n) is 6.71. The lowest BCUT2D eigenvalue weighted by atomic mass is 9.77. The largest absolute Gasteiger partial charge is 0.376 e. The smallest absolute Gasteiger partial charge is 0.253 e. The zero-order valence-electron chi connectivity index (χ0n) is 14.3. The summed E-state index contributed by atoms with van der Waals surface area (Å²) >= 11 is 1.80. The lowest BCUT2D eigenvalue weighted by Crippen LogP contribution is -2.32. The van der Waals surface area contributed by atoms with Gasteiger partial charge in [-0.3, -0.25) is 4.79 Å². The minimum Gasteiger partial charge on any atom is -0.376 e. The molecule has 2 N–H and O–H groups in total. The molecule has 1 aliphatic carbocycles. The summed E-state index contributed by atoms with van der Waals surface area (Å²) in [6.45, 7) is 6.32. The van der Waals surface area contributed by atoms with Gasteiger partial charge in [0, 0.05) is 17.3 Å². The molecule has 0 fully saturated rings. The SMILES string of the molecule is C=CCNC(=O)c1cccc2c1NC(c1sccc1C)C1CC=CC21. The van der Waals surface area contributed by atoms with Crippen molar-refractivity contribution in [3.05, 3.63) is 76.0 Å². The van der Waals surface area contributed by atoms with Crippen LogP contribution in [-0.4, -0.2) is 12.5 Å². The third kappa shape index (κ3) is 2.71. The number of anilines is 1. The summed E-state index contributed by atoms with van der Waals surface area (Å²) in [6, 6.07) is 8.47. The number of carbonyl (C=O) groups excluding carboxylic acids is 1. The number of nitrogens with one attached hydrogen (secondary N) is 2. The molecule has 0 spiro atoms. The van der Waals surface area contributed by atoms with Gasteiger partial charge in [0.05, 0.1) is 17.3 Å². The molecule has 1 aliphatic heterocycles. The lowest BCUT2D eigenvalue weighted by molar-refractivity contribution is 0.0958. The number of thiophene rings is 1. The maximum Gasteiger partial charge on any atom is 0.253 e. The van der Waals surface area contributed by atoms with E-state index in [0.29, 0.717) is 18.4 Å². The fourth-order valence-electron chi connectivity index (χ4n) is 4.03. The minimum absolute atomic E-state index is 0.0497. The number of benzene rings is 1. The van der Waals surface area contributed by atoms with Gasteiger partial charge >= 0.3 is 0 Å². The van der Waals surface area contributed by atoms with Gasteiger partial charge in [0.2, 0.25) is 0 Å². The van der Waals surface area contributed by atoms with Crippen molar-refractivity contribution in [1.82, 2.24) is 5.32 Å². The first kappa shape index (κ1) is 16.2. The van der Waals surface area contributed by atoms with Gasteiger partial charge in [-0.15, -0.1) is 17.9 Å². The predicted molar refractivity (Wildman–Crippen MR) is 104 cm³/mol. The van der Waals surface area contributed by atoms with E-state index in [1.165, 1.54) is 16.0 Å². The van der Waals surface area contributed by atoms with E-state index in [4.69, 9.17) is 0 Å². The molecule has 1 aromatic carbocycles. The van der Waals surface area contributed by atoms with Crippen LogP contribution in [0.3, 0.4) is 0 Å². The monoisotopic (exact) mass is 350 g/mol. The Labute approximate surface area is 152 Å². The van der Waals surface area contributed by atoms with E-state index in [9.17, 15) is 4.79 Å². The number of allylic oxidation sites excluding steroid dienone is 2. The van der Waals surface area contributed by atoms with Gasteiger partial charge in [0.25, 0.3) is 5.91 Å². The topological polar surface area (TPSA) is 41.1 Å². The van der Waals surface area contributed by atoms with Crippen LogP contribution in [0.15, 0.2) is 54.5 Å². The Balaban J connectivity index is 1.78. The average molecular weight is 350 g/mol. The minimum atomic E-state index is -0.0497. The first-order chi connectivity index (χ1) is 12.2. The number of amides is 1. The summed E-state index contributed by atoms with van der Waals surface area (Å²) in [7, 11) is 0. The molecule has 1 amide bonds. The summed E-state index contributed by atoms with van der Waals surface area (Å²) in [4.78, 5) is 14.0. The molecule has 2 aliphatic rings. The number of hydrogen-bond acceptors (Lipinski definition) is 3. The molecule has 128 valence electrons. The van der Waals surface area contributed by atoms with Crippen molar-refractivity contribution >= 4 is 22.9 Å². The van der Waals surface area contributed by atoms with E-state index in [0.717, 1.165) is 17.7 Å². The number of rotatable bonds is 4. The summed E-state index contributed by atoms with van der Waals surface area (Å²) in [5.74, 6) is 0.831. The fourth-order valence-corrected chi connectivity index (χ4v) is 5.09. The average Bonchev–Trinajstić information content (AvgIpc) is 3.27. The van der Waals surface area contributed by atoms with Crippen LogP contribution < -0.4 is 10.6 Å². The summed E-state index contributed by atoms with van der Waals surface area (Å²) < 4.78 is 0. The molecule has 1 aromatic heterocycles. The molecular weight excluding hydrogens is 328 g/mol. The Hall–Kier alpha value is -2.33. The highest BCUT2D eigenvalue weighted by Crippen LogP contribution is 2.51. The Morgan fingerprint density at radius 2 is 2.32 bits per heavy atom. The van der Waals surface area contributed by atoms with E-state index >= 15 is 0 Å². The van der Waals surface area contributed by atoms with Crippen molar-refractivity contribution < 1.29 is 4.79 Å². The van der Waals surface area contributed by atoms with Crippen LogP contribution in [0.5, 0.6) is 0 Å². The molecule has 0 saturated carbocycles. The van der Waals surface area contributed by atoms with Crippen LogP contribution >= 0.6 is 11.3 Å². The molecule has 2 heterocycles. The van der Waals surface area contributed by atoms with E-state index in [1.54, 1.807) is 17.4 Å². The second-order valence-corrected chi connectivity index (χ2v) is 7.66. The van der Waals surface area contributed by atoms with Crippen molar-refractivity contribution in [2.45, 2.75) is 25.3 Å². The van der Waals surface area contributed by atoms with Gasteiger partial charge in [-0.05, 0) is 47.9 Å². The zero-order valence-corrected chi connectivity index (χ0v) is 15.1. The van der Waals surface area contributed by atoms with Gasteiger partial charge in [-0.1, -0.05) is 30.4 Å². The van der Waals surface area contributed by atoms with Gasteiger partial charge < -0.3 is 10.6 Å². The van der Waals surface area contributed by atoms with Crippen molar-refractivity contribution in [1.29, 1.82) is 0 Å². The van der Waals surface area contributed by atoms with Gasteiger partial charge in [0.15, 0.2) is 0 Å². The van der Waals surface area contributed by atoms with E-state index in [-0.39, 0.29) is 11.9 Å². The number of hydrogen-bond donors (Lipinski definition) is 2. The van der Waals surface area contributed by atoms with Crippen LogP contribution in [0.2, 0.25) is 0 Å². The molecule has 3 atom stereocenters. The Bertz CT molecular complexity index is 851. The van der Waals surface area contributed by atoms with Crippen molar-refractivity contribution in [3.63, 3.8) is 0 Å². The van der Waals surface area contributed by atoms with E-state index in [2.05, 4.69) is 53.8 Å². The maximum absolute atomic E-state index is 12.6. The summed E-state index contributed by atoms with van der Waals surface area (Å²) in [6.07, 6.45) is 7.37. The van der Waals surface area contributed by atoms with Gasteiger partial charge in [0.1, 0.15) is 0 Å². The maximum atomic E-state index is 12.6. The van der Waals surface area contributed by atoms with Crippen LogP contribution in [0.1, 0.15) is 44.7 Å². The molecule has 2 aromatic rings. The molecular formula is C21H22N2OS. The van der Waals surface area contributed by atoms with Crippen molar-refractivity contribution in [2.24, 2.45) is 5.92 Å². The highest BCUT2D eigenvalue weighted by Gasteiger charge is 2.40. The second kappa shape index (κ2) is 6.52. The first-order valence-corrected chi connectivity index (χ1v) is 9.58. The summed E-state index contributed by atoms with van der Waals surface area (Å²) in [5, 5.41) is 8.78. The molecule has 0 radical (unpaired) electrons. The zero-order chi connectivity index (χ0) is 17.4. The molecule has 25 heavy (non-hydrogen) atoms. The van der Waals surface area contributed by atoms with Crippen LogP contribution in [0, 0.1) is 12.8 Å². The Morgan fingerprint density at radius 3 is 3.08 bits per heavy atom. The normalized spacial score (nSPS) is 23.5. The molecule has 4 heteroatoms. The van der Waals surface area contributed by atoms with E-state index < -0.39 is 0 Å². The fraction of sp³-hybridized carbons (Fsp3) is 0.286. The first-order valence-electron chi connectivity index (χ1n) is 8.70. The number of fused-ring (bicyclic) bond motifs is 3. The standard InChI is InChI=1S/C21H22N2OS/c1-3-11-22-21(24)17-9-5-7-15-14-6-4-8-16(14)19(23-18(15)17)20-13(2)10-12-25-20/h3-7,9-10,12,14,16,19,23H,1,8,11H2,2H3,(H,22,24). The van der Waals surface area contributed by atoms with Crippen LogP contribution in [0.4, 0.5) is 5.69 Å². The van der Waals surface area contributed by atoms with Crippen LogP contribution in [0.25, 0.3) is 0 Å². The third-order valence-corrected chi connectivity index (χ3v) is 6.33. The molecule has 3 nitrogen and oxygen atoms in total. The van der Waals surface area contributed by atoms with Crippen LogP contribution in [-0.2, 0) is 0 Å². The Kier molecular flexibility index (Phi) is 4.22.